The van der Waals surface area contributed by atoms with Crippen molar-refractivity contribution in [2.24, 2.45) is 5.92 Å². The molecule has 2 aliphatic heterocycles. The van der Waals surface area contributed by atoms with Crippen molar-refractivity contribution in [3.05, 3.63) is 45.9 Å². The fourth-order valence-corrected chi connectivity index (χ4v) is 5.87. The van der Waals surface area contributed by atoms with E-state index in [9.17, 15) is 14.0 Å². The lowest BCUT2D eigenvalue weighted by molar-refractivity contribution is -0.138. The number of aryl methyl sites for hydroxylation is 1. The van der Waals surface area contributed by atoms with E-state index in [4.69, 9.17) is 16.3 Å². The normalized spacial score (nSPS) is 20.9. The van der Waals surface area contributed by atoms with Gasteiger partial charge in [0.1, 0.15) is 11.9 Å². The highest BCUT2D eigenvalue weighted by molar-refractivity contribution is 7.19. The lowest BCUT2D eigenvalue weighted by Gasteiger charge is -2.22. The Hall–Kier alpha value is -2.55. The number of nitrogens with zero attached hydrogens (tertiary/aromatic N) is 2. The van der Waals surface area contributed by atoms with Crippen molar-refractivity contribution < 1.29 is 18.7 Å². The van der Waals surface area contributed by atoms with Crippen LogP contribution in [0.5, 0.6) is 5.75 Å². The van der Waals surface area contributed by atoms with Gasteiger partial charge in [-0.15, -0.1) is 11.3 Å². The molecule has 5 rings (SSSR count). The van der Waals surface area contributed by atoms with Crippen LogP contribution in [0.4, 0.5) is 4.39 Å². The molecule has 4 heterocycles. The van der Waals surface area contributed by atoms with Crippen LogP contribution in [0.15, 0.2) is 30.5 Å². The molecular formula is C24H23ClFN3O3S. The zero-order valence-electron chi connectivity index (χ0n) is 18.1. The third kappa shape index (κ3) is 4.23. The van der Waals surface area contributed by atoms with Gasteiger partial charge in [0, 0.05) is 59.1 Å². The minimum Gasteiger partial charge on any atom is -0.488 e. The summed E-state index contributed by atoms with van der Waals surface area (Å²) in [6.07, 6.45) is 2.00. The quantitative estimate of drug-likeness (QED) is 0.518. The van der Waals surface area contributed by atoms with E-state index >= 15 is 0 Å². The largest absolute Gasteiger partial charge is 0.488 e. The zero-order valence-corrected chi connectivity index (χ0v) is 19.6. The van der Waals surface area contributed by atoms with Crippen molar-refractivity contribution in [3.8, 4) is 16.9 Å². The lowest BCUT2D eigenvalue weighted by Crippen LogP contribution is -2.27. The Morgan fingerprint density at radius 1 is 1.21 bits per heavy atom. The maximum absolute atomic E-state index is 13.5. The summed E-state index contributed by atoms with van der Waals surface area (Å²) in [4.78, 5) is 30.8. The van der Waals surface area contributed by atoms with Gasteiger partial charge in [-0.05, 0) is 36.8 Å². The summed E-state index contributed by atoms with van der Waals surface area (Å²) in [6, 6.07) is 7.53. The van der Waals surface area contributed by atoms with Crippen LogP contribution in [0.3, 0.4) is 0 Å². The molecule has 2 atom stereocenters. The van der Waals surface area contributed by atoms with Gasteiger partial charge in [-0.25, -0.2) is 0 Å². The second-order valence-electron chi connectivity index (χ2n) is 8.49. The Kier molecular flexibility index (Phi) is 6.07. The van der Waals surface area contributed by atoms with Crippen LogP contribution in [0.2, 0.25) is 5.02 Å². The highest BCUT2D eigenvalue weighted by atomic mass is 35.5. The van der Waals surface area contributed by atoms with Gasteiger partial charge in [-0.2, -0.15) is 0 Å². The molecule has 9 heteroatoms. The van der Waals surface area contributed by atoms with Crippen LogP contribution in [0, 0.1) is 12.8 Å². The topological polar surface area (TPSA) is 71.5 Å². The summed E-state index contributed by atoms with van der Waals surface area (Å²) in [6.45, 7) is 2.91. The SMILES string of the molecule is Cc1cc(Cl)cc(-c2ccnc3cc(CN4C(=O)CCC4=O)sc23)c1O[C@@H]1CNC[C@@H]1CF. The average Bonchev–Trinajstić information content (AvgIpc) is 3.50. The van der Waals surface area contributed by atoms with Crippen LogP contribution in [0.25, 0.3) is 21.3 Å². The number of hydrogen-bond donors (Lipinski definition) is 1. The predicted octanol–water partition coefficient (Wildman–Crippen LogP) is 4.51. The van der Waals surface area contributed by atoms with Crippen LogP contribution < -0.4 is 10.1 Å². The molecule has 172 valence electrons. The van der Waals surface area contributed by atoms with Gasteiger partial charge in [-0.1, -0.05) is 11.6 Å². The average molecular weight is 488 g/mol. The predicted molar refractivity (Wildman–Crippen MR) is 126 cm³/mol. The van der Waals surface area contributed by atoms with E-state index < -0.39 is 6.67 Å². The number of halogens is 2. The second kappa shape index (κ2) is 9.00. The molecule has 2 amide bonds. The van der Waals surface area contributed by atoms with Gasteiger partial charge in [0.15, 0.2) is 0 Å². The van der Waals surface area contributed by atoms with E-state index in [-0.39, 0.29) is 43.2 Å². The molecule has 0 spiro atoms. The third-order valence-electron chi connectivity index (χ3n) is 6.21. The first-order chi connectivity index (χ1) is 15.9. The van der Waals surface area contributed by atoms with E-state index in [1.165, 1.54) is 16.2 Å². The monoisotopic (exact) mass is 487 g/mol. The summed E-state index contributed by atoms with van der Waals surface area (Å²) in [5.41, 5.74) is 3.37. The molecule has 1 N–H and O–H groups in total. The van der Waals surface area contributed by atoms with Gasteiger partial charge in [0.25, 0.3) is 0 Å². The fraction of sp³-hybridized carbons (Fsp3) is 0.375. The first-order valence-corrected chi connectivity index (χ1v) is 12.1. The van der Waals surface area contributed by atoms with Crippen LogP contribution in [0.1, 0.15) is 23.3 Å². The summed E-state index contributed by atoms with van der Waals surface area (Å²) in [5.74, 6) is 0.201. The number of carbonyl (C=O) groups excluding carboxylic acids is 2. The Morgan fingerprint density at radius 2 is 2.00 bits per heavy atom. The van der Waals surface area contributed by atoms with Crippen molar-refractivity contribution in [2.75, 3.05) is 19.8 Å². The lowest BCUT2D eigenvalue weighted by atomic mass is 10.0. The number of carbonyl (C=O) groups is 2. The Bertz CT molecular complexity index is 1230. The first kappa shape index (κ1) is 22.3. The number of aromatic nitrogens is 1. The molecule has 0 saturated carbocycles. The van der Waals surface area contributed by atoms with E-state index in [1.807, 2.05) is 31.2 Å². The number of likely N-dealkylation sites (tertiary alicyclic amines) is 1. The summed E-state index contributed by atoms with van der Waals surface area (Å²) in [5, 5.41) is 3.78. The van der Waals surface area contributed by atoms with Gasteiger partial charge < -0.3 is 10.1 Å². The first-order valence-electron chi connectivity index (χ1n) is 10.9. The number of rotatable bonds is 6. The molecule has 6 nitrogen and oxygen atoms in total. The molecule has 0 radical (unpaired) electrons. The maximum atomic E-state index is 13.5. The zero-order chi connectivity index (χ0) is 23.1. The Morgan fingerprint density at radius 3 is 2.76 bits per heavy atom. The van der Waals surface area contributed by atoms with Crippen LogP contribution in [-0.4, -0.2) is 47.6 Å². The molecule has 3 aromatic rings. The van der Waals surface area contributed by atoms with Crippen molar-refractivity contribution in [1.82, 2.24) is 15.2 Å². The van der Waals surface area contributed by atoms with Gasteiger partial charge in [-0.3, -0.25) is 23.9 Å². The number of benzene rings is 1. The smallest absolute Gasteiger partial charge is 0.230 e. The highest BCUT2D eigenvalue weighted by Crippen LogP contribution is 2.42. The number of thiophene rings is 1. The minimum absolute atomic E-state index is 0.139. The van der Waals surface area contributed by atoms with Crippen molar-refractivity contribution in [3.63, 3.8) is 0 Å². The molecule has 1 aromatic carbocycles. The van der Waals surface area contributed by atoms with Crippen LogP contribution in [-0.2, 0) is 16.1 Å². The number of nitrogens with one attached hydrogen (secondary N) is 1. The van der Waals surface area contributed by atoms with E-state index in [1.54, 1.807) is 6.20 Å². The Labute approximate surface area is 199 Å². The van der Waals surface area contributed by atoms with Crippen molar-refractivity contribution in [1.29, 1.82) is 0 Å². The van der Waals surface area contributed by atoms with Gasteiger partial charge in [0.05, 0.1) is 23.4 Å². The highest BCUT2D eigenvalue weighted by Gasteiger charge is 2.31. The summed E-state index contributed by atoms with van der Waals surface area (Å²) < 4.78 is 20.8. The number of hydrogen-bond acceptors (Lipinski definition) is 6. The molecule has 2 fully saturated rings. The Balaban J connectivity index is 1.55. The van der Waals surface area contributed by atoms with Crippen molar-refractivity contribution >= 4 is 45.0 Å². The molecule has 2 aliphatic rings. The van der Waals surface area contributed by atoms with Crippen molar-refractivity contribution in [2.45, 2.75) is 32.4 Å². The molecule has 0 bridgehead atoms. The number of fused-ring (bicyclic) bond motifs is 1. The maximum Gasteiger partial charge on any atom is 0.230 e. The van der Waals surface area contributed by atoms with E-state index in [0.29, 0.717) is 23.9 Å². The molecular weight excluding hydrogens is 465 g/mol. The van der Waals surface area contributed by atoms with Gasteiger partial charge >= 0.3 is 0 Å². The molecule has 33 heavy (non-hydrogen) atoms. The summed E-state index contributed by atoms with van der Waals surface area (Å²) >= 11 is 7.92. The summed E-state index contributed by atoms with van der Waals surface area (Å²) in [7, 11) is 0. The van der Waals surface area contributed by atoms with E-state index in [0.717, 1.165) is 31.8 Å². The molecule has 0 unspecified atom stereocenters. The van der Waals surface area contributed by atoms with Crippen LogP contribution >= 0.6 is 22.9 Å². The number of ether oxygens (including phenoxy) is 1. The van der Waals surface area contributed by atoms with Gasteiger partial charge in [0.2, 0.25) is 11.8 Å². The molecule has 2 aromatic heterocycles. The minimum atomic E-state index is -0.443. The fourth-order valence-electron chi connectivity index (χ4n) is 4.47. The molecule has 2 saturated heterocycles. The number of pyridine rings is 1. The third-order valence-corrected chi connectivity index (χ3v) is 7.57. The standard InChI is InChI=1S/C24H23ClFN3O3S/c1-13-6-15(25)7-18(23(13)32-20-11-27-10-14(20)9-26)17-4-5-28-19-8-16(33-24(17)19)12-29-21(30)2-3-22(29)31/h4-8,14,20,27H,2-3,9-12H2,1H3/t14-,20+/m0/s1. The van der Waals surface area contributed by atoms with E-state index in [2.05, 4.69) is 10.3 Å². The number of alkyl halides is 1. The second-order valence-corrected chi connectivity index (χ2v) is 10.1. The number of imide groups is 1. The number of amides is 2. The molecule has 0 aliphatic carbocycles.